The van der Waals surface area contributed by atoms with Crippen molar-refractivity contribution >= 4 is 86.2 Å². The van der Waals surface area contributed by atoms with Crippen LogP contribution in [-0.4, -0.2) is 0 Å². The Bertz CT molecular complexity index is 2180. The van der Waals surface area contributed by atoms with Crippen LogP contribution in [0.5, 0.6) is 0 Å². The molecule has 32 heavy (non-hydrogen) atoms. The molecule has 0 fully saturated rings. The second-order valence-electron chi connectivity index (χ2n) is 9.28. The minimum absolute atomic E-state index is 1.33. The van der Waals surface area contributed by atoms with E-state index < -0.39 is 0 Å². The first-order valence-electron chi connectivity index (χ1n) is 11.3. The summed E-state index contributed by atoms with van der Waals surface area (Å²) in [5.74, 6) is 0. The van der Waals surface area contributed by atoms with Gasteiger partial charge in [0, 0.05) is 0 Å². The monoisotopic (exact) mass is 400 g/mol. The van der Waals surface area contributed by atoms with Gasteiger partial charge in [0.15, 0.2) is 0 Å². The van der Waals surface area contributed by atoms with E-state index in [1.165, 1.54) is 86.2 Å². The summed E-state index contributed by atoms with van der Waals surface area (Å²) in [5, 5.41) is 22.1. The van der Waals surface area contributed by atoms with Crippen LogP contribution in [0.3, 0.4) is 0 Å². The Morgan fingerprint density at radius 3 is 1.47 bits per heavy atom. The van der Waals surface area contributed by atoms with Gasteiger partial charge in [0.25, 0.3) is 0 Å². The van der Waals surface area contributed by atoms with Crippen molar-refractivity contribution in [2.75, 3.05) is 0 Å². The molecule has 0 amide bonds. The first-order chi connectivity index (χ1) is 15.9. The van der Waals surface area contributed by atoms with E-state index in [0.717, 1.165) is 0 Å². The third kappa shape index (κ3) is 1.57. The molecule has 0 heterocycles. The van der Waals surface area contributed by atoms with E-state index in [9.17, 15) is 0 Å². The van der Waals surface area contributed by atoms with Gasteiger partial charge >= 0.3 is 0 Å². The normalized spacial score (nSPS) is 13.0. The van der Waals surface area contributed by atoms with E-state index in [0.29, 0.717) is 0 Å². The number of fused-ring (bicyclic) bond motifs is 4. The maximum absolute atomic E-state index is 2.45. The third-order valence-corrected chi connectivity index (χ3v) is 7.84. The van der Waals surface area contributed by atoms with E-state index in [4.69, 9.17) is 0 Å². The summed E-state index contributed by atoms with van der Waals surface area (Å²) in [6.45, 7) is 0. The van der Waals surface area contributed by atoms with E-state index in [2.05, 4.69) is 97.1 Å². The van der Waals surface area contributed by atoms with E-state index in [1.54, 1.807) is 0 Å². The van der Waals surface area contributed by atoms with Crippen molar-refractivity contribution in [1.82, 2.24) is 0 Å². The van der Waals surface area contributed by atoms with Crippen molar-refractivity contribution in [3.8, 4) is 0 Å². The lowest BCUT2D eigenvalue weighted by Crippen LogP contribution is -1.93. The van der Waals surface area contributed by atoms with Gasteiger partial charge in [-0.05, 0) is 98.3 Å². The van der Waals surface area contributed by atoms with Crippen LogP contribution in [0.25, 0.3) is 86.2 Å². The van der Waals surface area contributed by atoms with Gasteiger partial charge < -0.3 is 0 Å². The molecule has 0 saturated heterocycles. The minimum atomic E-state index is 1.33. The number of rotatable bonds is 0. The molecule has 0 bridgehead atoms. The van der Waals surface area contributed by atoms with Crippen LogP contribution in [0.15, 0.2) is 97.1 Å². The fraction of sp³-hybridized carbons (Fsp3) is 0. The minimum Gasteiger partial charge on any atom is -0.0616 e. The zero-order valence-electron chi connectivity index (χ0n) is 17.2. The molecule has 9 aromatic rings. The van der Waals surface area contributed by atoms with Crippen LogP contribution in [-0.2, 0) is 0 Å². The quantitative estimate of drug-likeness (QED) is 0.176. The van der Waals surface area contributed by atoms with Gasteiger partial charge in [-0.1, -0.05) is 84.9 Å². The van der Waals surface area contributed by atoms with Gasteiger partial charge in [-0.25, -0.2) is 0 Å². The molecule has 0 nitrogen and oxygen atoms in total. The predicted octanol–water partition coefficient (Wildman–Crippen LogP) is 9.23. The summed E-state index contributed by atoms with van der Waals surface area (Å²) in [5.41, 5.74) is 0. The first-order valence-corrected chi connectivity index (χ1v) is 11.3. The molecule has 0 radical (unpaired) electrons. The average molecular weight is 400 g/mol. The van der Waals surface area contributed by atoms with Crippen molar-refractivity contribution in [2.24, 2.45) is 0 Å². The predicted molar refractivity (Wildman–Crippen MR) is 140 cm³/mol. The van der Waals surface area contributed by atoms with Crippen LogP contribution in [0.2, 0.25) is 0 Å². The first kappa shape index (κ1) is 15.6. The smallest absolute Gasteiger partial charge is 0.000719 e. The topological polar surface area (TPSA) is 0 Å². The maximum Gasteiger partial charge on any atom is -0.000719 e. The van der Waals surface area contributed by atoms with E-state index in [-0.39, 0.29) is 0 Å². The molecule has 0 unspecified atom stereocenters. The molecular formula is C32H16. The van der Waals surface area contributed by atoms with Crippen LogP contribution in [0, 0.1) is 0 Å². The van der Waals surface area contributed by atoms with Gasteiger partial charge in [0.2, 0.25) is 0 Å². The molecule has 144 valence electrons. The molecule has 0 aliphatic rings. The van der Waals surface area contributed by atoms with Crippen LogP contribution in [0.4, 0.5) is 0 Å². The van der Waals surface area contributed by atoms with Crippen LogP contribution >= 0.6 is 0 Å². The van der Waals surface area contributed by atoms with Gasteiger partial charge in [-0.3, -0.25) is 0 Å². The SMILES string of the molecule is c1ccc2c(c1)c1cccc3cc4c5cccc6ccc7ccc8cc2c(c31)c4c8c7c65. The lowest BCUT2D eigenvalue weighted by atomic mass is 9.81. The van der Waals surface area contributed by atoms with E-state index >= 15 is 0 Å². The molecule has 0 aliphatic carbocycles. The highest BCUT2D eigenvalue weighted by Gasteiger charge is 2.22. The Kier molecular flexibility index (Phi) is 2.44. The highest BCUT2D eigenvalue weighted by atomic mass is 14.2. The molecule has 0 N–H and O–H groups in total. The Morgan fingerprint density at radius 1 is 0.250 bits per heavy atom. The second-order valence-corrected chi connectivity index (χ2v) is 9.28. The van der Waals surface area contributed by atoms with Gasteiger partial charge in [-0.15, -0.1) is 0 Å². The number of hydrogen-bond donors (Lipinski definition) is 0. The summed E-state index contributed by atoms with van der Waals surface area (Å²) in [7, 11) is 0. The molecule has 9 aromatic carbocycles. The highest BCUT2D eigenvalue weighted by Crippen LogP contribution is 2.50. The fourth-order valence-electron chi connectivity index (χ4n) is 6.64. The zero-order chi connectivity index (χ0) is 20.6. The maximum atomic E-state index is 2.45. The molecule has 0 aromatic heterocycles. The van der Waals surface area contributed by atoms with Crippen molar-refractivity contribution < 1.29 is 0 Å². The summed E-state index contributed by atoms with van der Waals surface area (Å²) in [4.78, 5) is 0. The van der Waals surface area contributed by atoms with E-state index in [1.807, 2.05) is 0 Å². The summed E-state index contributed by atoms with van der Waals surface area (Å²) in [6.07, 6.45) is 0. The molecular weight excluding hydrogens is 384 g/mol. The second kappa shape index (κ2) is 5.00. The summed E-state index contributed by atoms with van der Waals surface area (Å²) in [6, 6.07) is 36.6. The Balaban J connectivity index is 1.80. The number of hydrogen-bond acceptors (Lipinski definition) is 0. The molecule has 0 atom stereocenters. The summed E-state index contributed by atoms with van der Waals surface area (Å²) >= 11 is 0. The van der Waals surface area contributed by atoms with Crippen molar-refractivity contribution in [3.05, 3.63) is 97.1 Å². The average Bonchev–Trinajstić information content (AvgIpc) is 2.86. The lowest BCUT2D eigenvalue weighted by Gasteiger charge is -2.22. The standard InChI is InChI=1S/C32H16/c1-2-8-22-21(7-1)23-9-4-6-19-15-26-24-10-3-5-17-11-12-18-13-14-20-16-25(22)31(28(19)23)32(26)30(20)29(18)27(17)24/h1-16H. The lowest BCUT2D eigenvalue weighted by molar-refractivity contribution is 1.80. The van der Waals surface area contributed by atoms with Gasteiger partial charge in [0.1, 0.15) is 0 Å². The molecule has 0 spiro atoms. The van der Waals surface area contributed by atoms with Crippen LogP contribution < -0.4 is 0 Å². The highest BCUT2D eigenvalue weighted by molar-refractivity contribution is 6.47. The zero-order valence-corrected chi connectivity index (χ0v) is 17.2. The van der Waals surface area contributed by atoms with Gasteiger partial charge in [0.05, 0.1) is 0 Å². The molecule has 0 heteroatoms. The fourth-order valence-corrected chi connectivity index (χ4v) is 6.64. The molecule has 9 rings (SSSR count). The largest absolute Gasteiger partial charge is 0.0616 e. The summed E-state index contributed by atoms with van der Waals surface area (Å²) < 4.78 is 0. The molecule has 0 aliphatic heterocycles. The number of benzene rings is 9. The van der Waals surface area contributed by atoms with Crippen LogP contribution in [0.1, 0.15) is 0 Å². The van der Waals surface area contributed by atoms with Gasteiger partial charge in [-0.2, -0.15) is 0 Å². The van der Waals surface area contributed by atoms with Crippen molar-refractivity contribution in [3.63, 3.8) is 0 Å². The third-order valence-electron chi connectivity index (χ3n) is 7.84. The van der Waals surface area contributed by atoms with Crippen molar-refractivity contribution in [2.45, 2.75) is 0 Å². The molecule has 0 saturated carbocycles. The Morgan fingerprint density at radius 2 is 0.688 bits per heavy atom. The Labute approximate surface area is 183 Å². The Hall–Kier alpha value is -4.16. The van der Waals surface area contributed by atoms with Crippen molar-refractivity contribution in [1.29, 1.82) is 0 Å².